The number of halogens is 2. The zero-order chi connectivity index (χ0) is 18.3. The van der Waals surface area contributed by atoms with E-state index in [4.69, 9.17) is 23.2 Å². The molecule has 0 bridgehead atoms. The third-order valence-corrected chi connectivity index (χ3v) is 4.40. The highest BCUT2D eigenvalue weighted by atomic mass is 35.5. The van der Waals surface area contributed by atoms with E-state index >= 15 is 0 Å². The Morgan fingerprint density at radius 3 is 2.28 bits per heavy atom. The van der Waals surface area contributed by atoms with Crippen LogP contribution in [0.25, 0.3) is 0 Å². The average molecular weight is 379 g/mol. The molecule has 2 aromatic rings. The fourth-order valence-corrected chi connectivity index (χ4v) is 3.05. The lowest BCUT2D eigenvalue weighted by Crippen LogP contribution is -2.29. The maximum atomic E-state index is 12.4. The molecule has 25 heavy (non-hydrogen) atoms. The maximum Gasteiger partial charge on any atom is 0.261 e. The number of aromatic hydroxyl groups is 1. The van der Waals surface area contributed by atoms with Gasteiger partial charge in [-0.2, -0.15) is 0 Å². The summed E-state index contributed by atoms with van der Waals surface area (Å²) in [6.07, 6.45) is 0. The lowest BCUT2D eigenvalue weighted by molar-refractivity contribution is 0.0662. The van der Waals surface area contributed by atoms with Crippen LogP contribution in [-0.2, 0) is 0 Å². The van der Waals surface area contributed by atoms with Gasteiger partial charge in [0.15, 0.2) is 5.75 Å². The highest BCUT2D eigenvalue weighted by molar-refractivity contribution is 6.37. The minimum atomic E-state index is -0.504. The number of carbonyl (C=O) groups is 3. The number of nitrogens with zero attached hydrogens (tertiary/aromatic N) is 1. The first-order valence-corrected chi connectivity index (χ1v) is 8.08. The van der Waals surface area contributed by atoms with E-state index in [1.807, 2.05) is 0 Å². The van der Waals surface area contributed by atoms with Gasteiger partial charge < -0.3 is 10.4 Å². The number of nitrogens with one attached hydrogen (secondary N) is 1. The third-order valence-electron chi connectivity index (χ3n) is 3.82. The molecule has 0 unspecified atom stereocenters. The third kappa shape index (κ3) is 2.94. The van der Waals surface area contributed by atoms with Crippen LogP contribution < -0.4 is 5.32 Å². The van der Waals surface area contributed by atoms with Crippen molar-refractivity contribution in [3.63, 3.8) is 0 Å². The fraction of sp³-hybridized carbons (Fsp3) is 0.118. The minimum Gasteiger partial charge on any atom is -0.505 e. The molecule has 0 atom stereocenters. The van der Waals surface area contributed by atoms with Crippen LogP contribution in [0.4, 0.5) is 5.69 Å². The number of phenols is 1. The van der Waals surface area contributed by atoms with Crippen LogP contribution in [0, 0.1) is 0 Å². The number of imide groups is 1. The first-order valence-electron chi connectivity index (χ1n) is 7.33. The van der Waals surface area contributed by atoms with E-state index in [1.54, 1.807) is 6.92 Å². The monoisotopic (exact) mass is 378 g/mol. The molecule has 6 nitrogen and oxygen atoms in total. The Morgan fingerprint density at radius 2 is 1.68 bits per heavy atom. The highest BCUT2D eigenvalue weighted by Gasteiger charge is 2.34. The Morgan fingerprint density at radius 1 is 1.08 bits per heavy atom. The lowest BCUT2D eigenvalue weighted by atomic mass is 10.1. The molecule has 2 aromatic carbocycles. The largest absolute Gasteiger partial charge is 0.505 e. The Kier molecular flexibility index (Phi) is 4.41. The van der Waals surface area contributed by atoms with E-state index in [1.165, 1.54) is 30.3 Å². The smallest absolute Gasteiger partial charge is 0.261 e. The lowest BCUT2D eigenvalue weighted by Gasteiger charge is -2.09. The first kappa shape index (κ1) is 17.3. The predicted octanol–water partition coefficient (Wildman–Crippen LogP) is 3.57. The molecule has 128 valence electrons. The fourth-order valence-electron chi connectivity index (χ4n) is 2.56. The van der Waals surface area contributed by atoms with E-state index in [-0.39, 0.29) is 50.6 Å². The van der Waals surface area contributed by atoms with Crippen molar-refractivity contribution in [3.05, 3.63) is 57.1 Å². The molecule has 1 aliphatic heterocycles. The zero-order valence-electron chi connectivity index (χ0n) is 13.0. The summed E-state index contributed by atoms with van der Waals surface area (Å²) in [7, 11) is 0. The number of rotatable bonds is 3. The number of hydrogen-bond acceptors (Lipinski definition) is 4. The summed E-state index contributed by atoms with van der Waals surface area (Å²) in [6, 6.07) is 6.99. The standard InChI is InChI=1S/C17H12Cl2N2O4/c1-2-21-16(24)10-4-3-8(5-11(10)17(21)25)15(23)20-9-6-12(18)14(22)13(19)7-9/h3-7,22H,2H2,1H3,(H,20,23). The summed E-state index contributed by atoms with van der Waals surface area (Å²) >= 11 is 11.6. The zero-order valence-corrected chi connectivity index (χ0v) is 14.5. The van der Waals surface area contributed by atoms with E-state index < -0.39 is 11.8 Å². The molecule has 3 amide bonds. The molecule has 1 heterocycles. The summed E-state index contributed by atoms with van der Waals surface area (Å²) in [5, 5.41) is 12.1. The van der Waals surface area contributed by atoms with Crippen molar-refractivity contribution in [3.8, 4) is 5.75 Å². The van der Waals surface area contributed by atoms with Crippen molar-refractivity contribution in [2.24, 2.45) is 0 Å². The van der Waals surface area contributed by atoms with Crippen LogP contribution in [0.3, 0.4) is 0 Å². The van der Waals surface area contributed by atoms with Gasteiger partial charge in [-0.05, 0) is 37.3 Å². The van der Waals surface area contributed by atoms with Gasteiger partial charge in [-0.15, -0.1) is 0 Å². The van der Waals surface area contributed by atoms with Gasteiger partial charge in [0.1, 0.15) is 0 Å². The van der Waals surface area contributed by atoms with Crippen molar-refractivity contribution >= 4 is 46.6 Å². The number of anilines is 1. The van der Waals surface area contributed by atoms with Crippen LogP contribution >= 0.6 is 23.2 Å². The Labute approximate surface area is 153 Å². The molecule has 8 heteroatoms. The Bertz CT molecular complexity index is 904. The average Bonchev–Trinajstić information content (AvgIpc) is 2.82. The Balaban J connectivity index is 1.89. The molecule has 0 fully saturated rings. The molecular formula is C17H12Cl2N2O4. The molecule has 0 saturated heterocycles. The molecule has 0 aliphatic carbocycles. The Hall–Kier alpha value is -2.57. The van der Waals surface area contributed by atoms with Crippen molar-refractivity contribution in [2.75, 3.05) is 11.9 Å². The van der Waals surface area contributed by atoms with Gasteiger partial charge in [-0.3, -0.25) is 19.3 Å². The van der Waals surface area contributed by atoms with Crippen molar-refractivity contribution in [1.29, 1.82) is 0 Å². The van der Waals surface area contributed by atoms with Crippen LogP contribution in [-0.4, -0.2) is 34.3 Å². The van der Waals surface area contributed by atoms with Gasteiger partial charge in [-0.25, -0.2) is 0 Å². The topological polar surface area (TPSA) is 86.7 Å². The van der Waals surface area contributed by atoms with Crippen LogP contribution in [0.2, 0.25) is 10.0 Å². The van der Waals surface area contributed by atoms with Crippen molar-refractivity contribution in [1.82, 2.24) is 4.90 Å². The molecule has 0 spiro atoms. The number of hydrogen-bond donors (Lipinski definition) is 2. The molecule has 0 radical (unpaired) electrons. The molecule has 2 N–H and O–H groups in total. The van der Waals surface area contributed by atoms with E-state index in [9.17, 15) is 19.5 Å². The van der Waals surface area contributed by atoms with Gasteiger partial charge in [0.05, 0.1) is 21.2 Å². The van der Waals surface area contributed by atoms with Crippen LogP contribution in [0.5, 0.6) is 5.75 Å². The first-order chi connectivity index (χ1) is 11.8. The maximum absolute atomic E-state index is 12.4. The molecule has 1 aliphatic rings. The number of amides is 3. The predicted molar refractivity (Wildman–Crippen MR) is 93.6 cm³/mol. The second kappa shape index (κ2) is 6.38. The summed E-state index contributed by atoms with van der Waals surface area (Å²) < 4.78 is 0. The highest BCUT2D eigenvalue weighted by Crippen LogP contribution is 2.34. The van der Waals surface area contributed by atoms with Gasteiger partial charge in [0, 0.05) is 17.8 Å². The SMILES string of the molecule is CCN1C(=O)c2ccc(C(=O)Nc3cc(Cl)c(O)c(Cl)c3)cc2C1=O. The minimum absolute atomic E-state index is 0.00360. The number of fused-ring (bicyclic) bond motifs is 1. The van der Waals surface area contributed by atoms with E-state index in [0.717, 1.165) is 4.90 Å². The normalized spacial score (nSPS) is 13.2. The number of carbonyl (C=O) groups excluding carboxylic acids is 3. The summed E-state index contributed by atoms with van der Waals surface area (Å²) in [5.41, 5.74) is 0.967. The quantitative estimate of drug-likeness (QED) is 0.631. The summed E-state index contributed by atoms with van der Waals surface area (Å²) in [6.45, 7) is 1.96. The van der Waals surface area contributed by atoms with Gasteiger partial charge in [0.25, 0.3) is 17.7 Å². The van der Waals surface area contributed by atoms with Crippen molar-refractivity contribution in [2.45, 2.75) is 6.92 Å². The molecular weight excluding hydrogens is 367 g/mol. The van der Waals surface area contributed by atoms with Crippen LogP contribution in [0.1, 0.15) is 38.0 Å². The summed E-state index contributed by atoms with van der Waals surface area (Å²) in [5.74, 6) is -1.57. The number of phenolic OH excluding ortho intramolecular Hbond substituents is 1. The number of benzene rings is 2. The second-order valence-electron chi connectivity index (χ2n) is 5.36. The van der Waals surface area contributed by atoms with Gasteiger partial charge >= 0.3 is 0 Å². The van der Waals surface area contributed by atoms with Gasteiger partial charge in [-0.1, -0.05) is 23.2 Å². The van der Waals surface area contributed by atoms with Crippen molar-refractivity contribution < 1.29 is 19.5 Å². The molecule has 3 rings (SSSR count). The molecule has 0 saturated carbocycles. The summed E-state index contributed by atoms with van der Waals surface area (Å²) in [4.78, 5) is 37.8. The molecule has 0 aromatic heterocycles. The van der Waals surface area contributed by atoms with E-state index in [0.29, 0.717) is 0 Å². The second-order valence-corrected chi connectivity index (χ2v) is 6.17. The van der Waals surface area contributed by atoms with Gasteiger partial charge in [0.2, 0.25) is 0 Å². The van der Waals surface area contributed by atoms with Crippen LogP contribution in [0.15, 0.2) is 30.3 Å². The van der Waals surface area contributed by atoms with E-state index in [2.05, 4.69) is 5.32 Å².